The smallest absolute Gasteiger partial charge is 0.265 e. The number of aryl methyl sites for hydroxylation is 1. The molecule has 0 radical (unpaired) electrons. The number of hydrogen-bond donors (Lipinski definition) is 1. The lowest BCUT2D eigenvalue weighted by Crippen LogP contribution is -2.36. The Morgan fingerprint density at radius 3 is 2.63 bits per heavy atom. The maximum Gasteiger partial charge on any atom is 0.265 e. The number of halogens is 2. The van der Waals surface area contributed by atoms with Crippen LogP contribution in [0.3, 0.4) is 0 Å². The molecular weight excluding hydrogens is 378 g/mol. The van der Waals surface area contributed by atoms with Crippen LogP contribution in [0.1, 0.15) is 12.0 Å². The number of carbonyl (C=O) groups is 1. The van der Waals surface area contributed by atoms with E-state index in [1.54, 1.807) is 18.2 Å². The van der Waals surface area contributed by atoms with Crippen molar-refractivity contribution in [3.05, 3.63) is 53.6 Å². The highest BCUT2D eigenvalue weighted by atomic mass is 32.2. The number of rotatable bonds is 3. The van der Waals surface area contributed by atoms with Gasteiger partial charge in [-0.05, 0) is 36.8 Å². The topological polar surface area (TPSA) is 75.7 Å². The number of carbonyl (C=O) groups excluding carboxylic acids is 1. The van der Waals surface area contributed by atoms with Crippen LogP contribution in [0.4, 0.5) is 20.2 Å². The summed E-state index contributed by atoms with van der Waals surface area (Å²) in [4.78, 5) is 12.5. The predicted octanol–water partition coefficient (Wildman–Crippen LogP) is 2.83. The van der Waals surface area contributed by atoms with E-state index in [4.69, 9.17) is 4.74 Å². The number of ether oxygens (including phenoxy) is 1. The Bertz CT molecular complexity index is 995. The molecule has 1 aliphatic rings. The van der Waals surface area contributed by atoms with Crippen LogP contribution in [0.25, 0.3) is 0 Å². The van der Waals surface area contributed by atoms with E-state index in [0.29, 0.717) is 11.8 Å². The van der Waals surface area contributed by atoms with Gasteiger partial charge in [0.25, 0.3) is 5.91 Å². The van der Waals surface area contributed by atoms with Gasteiger partial charge in [-0.2, -0.15) is 0 Å². The van der Waals surface area contributed by atoms with Crippen molar-refractivity contribution < 1.29 is 26.7 Å². The van der Waals surface area contributed by atoms with Crippen LogP contribution < -0.4 is 14.4 Å². The van der Waals surface area contributed by atoms with Crippen molar-refractivity contribution >= 4 is 27.3 Å². The summed E-state index contributed by atoms with van der Waals surface area (Å²) in [7, 11) is -3.58. The van der Waals surface area contributed by atoms with Crippen molar-refractivity contribution in [1.82, 2.24) is 0 Å². The van der Waals surface area contributed by atoms with E-state index in [2.05, 4.69) is 5.32 Å². The molecule has 1 amide bonds. The highest BCUT2D eigenvalue weighted by Gasteiger charge is 2.31. The third kappa shape index (κ3) is 4.19. The van der Waals surface area contributed by atoms with E-state index < -0.39 is 33.7 Å². The quantitative estimate of drug-likeness (QED) is 0.866. The Balaban J connectivity index is 1.88. The maximum absolute atomic E-state index is 13.8. The number of nitrogens with zero attached hydrogens (tertiary/aromatic N) is 1. The number of anilines is 2. The summed E-state index contributed by atoms with van der Waals surface area (Å²) in [5, 5.41) is 2.36. The molecule has 3 rings (SSSR count). The summed E-state index contributed by atoms with van der Waals surface area (Å²) >= 11 is 0. The molecule has 0 saturated carbocycles. The lowest BCUT2D eigenvalue weighted by molar-refractivity contribution is -0.122. The van der Waals surface area contributed by atoms with Gasteiger partial charge in [0, 0.05) is 19.0 Å². The molecule has 0 bridgehead atoms. The molecule has 0 aromatic heterocycles. The van der Waals surface area contributed by atoms with Crippen LogP contribution in [-0.2, 0) is 14.8 Å². The Morgan fingerprint density at radius 1 is 1.22 bits per heavy atom. The van der Waals surface area contributed by atoms with E-state index in [9.17, 15) is 22.0 Å². The van der Waals surface area contributed by atoms with Gasteiger partial charge in [0.2, 0.25) is 10.0 Å². The average Bonchev–Trinajstić information content (AvgIpc) is 2.76. The van der Waals surface area contributed by atoms with E-state index >= 15 is 0 Å². The summed E-state index contributed by atoms with van der Waals surface area (Å²) < 4.78 is 58.0. The zero-order chi connectivity index (χ0) is 19.8. The Hall–Kier alpha value is -2.68. The Kier molecular flexibility index (Phi) is 5.05. The summed E-state index contributed by atoms with van der Waals surface area (Å²) in [6, 6.07) is 7.78. The maximum atomic E-state index is 13.8. The molecule has 2 aromatic rings. The number of sulfonamides is 1. The molecule has 0 fully saturated rings. The number of amides is 1. The normalized spacial score (nSPS) is 16.9. The number of hydrogen-bond acceptors (Lipinski definition) is 4. The Labute approximate surface area is 155 Å². The standard InChI is InChI=1S/C18H18F2N2O4S/c1-11-3-6-16-15(9-11)22(27(2,24)25)8-7-17(26-16)18(23)21-14-5-4-12(19)10-13(14)20/h3-6,9-10,17H,7-8H2,1-2H3,(H,21,23)/t17-/m1/s1. The van der Waals surface area contributed by atoms with Crippen molar-refractivity contribution in [1.29, 1.82) is 0 Å². The summed E-state index contributed by atoms with van der Waals surface area (Å²) in [5.41, 5.74) is 1.00. The van der Waals surface area contributed by atoms with Crippen molar-refractivity contribution in [2.45, 2.75) is 19.4 Å². The van der Waals surface area contributed by atoms with Gasteiger partial charge in [-0.25, -0.2) is 17.2 Å². The molecule has 9 heteroatoms. The first-order valence-electron chi connectivity index (χ1n) is 8.16. The van der Waals surface area contributed by atoms with Crippen molar-refractivity contribution in [3.63, 3.8) is 0 Å². The molecule has 6 nitrogen and oxygen atoms in total. The van der Waals surface area contributed by atoms with Crippen molar-refractivity contribution in [3.8, 4) is 5.75 Å². The van der Waals surface area contributed by atoms with Gasteiger partial charge in [0.15, 0.2) is 6.10 Å². The van der Waals surface area contributed by atoms with Gasteiger partial charge in [-0.3, -0.25) is 9.10 Å². The van der Waals surface area contributed by atoms with Crippen LogP contribution in [0.5, 0.6) is 5.75 Å². The molecule has 1 N–H and O–H groups in total. The molecule has 0 aliphatic carbocycles. The molecule has 27 heavy (non-hydrogen) atoms. The molecule has 1 heterocycles. The summed E-state index contributed by atoms with van der Waals surface area (Å²) in [6.07, 6.45) is 0.103. The first-order valence-corrected chi connectivity index (χ1v) is 10.0. The second-order valence-electron chi connectivity index (χ2n) is 6.31. The molecule has 1 aliphatic heterocycles. The third-order valence-corrected chi connectivity index (χ3v) is 5.31. The minimum absolute atomic E-state index is 0.0271. The lowest BCUT2D eigenvalue weighted by atomic mass is 10.2. The molecule has 1 atom stereocenters. The van der Waals surface area contributed by atoms with Crippen molar-refractivity contribution in [2.24, 2.45) is 0 Å². The highest BCUT2D eigenvalue weighted by Crippen LogP contribution is 2.35. The fourth-order valence-corrected chi connectivity index (χ4v) is 3.76. The minimum Gasteiger partial charge on any atom is -0.478 e. The van der Waals surface area contributed by atoms with Crippen molar-refractivity contribution in [2.75, 3.05) is 22.4 Å². The molecule has 0 saturated heterocycles. The molecule has 2 aromatic carbocycles. The zero-order valence-corrected chi connectivity index (χ0v) is 15.5. The predicted molar refractivity (Wildman–Crippen MR) is 97.4 cm³/mol. The SMILES string of the molecule is Cc1ccc2c(c1)N(S(C)(=O)=O)CC[C@H](C(=O)Nc1ccc(F)cc1F)O2. The summed E-state index contributed by atoms with van der Waals surface area (Å²) in [6.45, 7) is 1.84. The monoisotopic (exact) mass is 396 g/mol. The second-order valence-corrected chi connectivity index (χ2v) is 8.22. The van der Waals surface area contributed by atoms with Crippen LogP contribution in [0.15, 0.2) is 36.4 Å². The fraction of sp³-hybridized carbons (Fsp3) is 0.278. The largest absolute Gasteiger partial charge is 0.478 e. The molecule has 0 unspecified atom stereocenters. The van der Waals surface area contributed by atoms with E-state index in [0.717, 1.165) is 24.0 Å². The second kappa shape index (κ2) is 7.15. The van der Waals surface area contributed by atoms with Crippen LogP contribution in [-0.4, -0.2) is 33.2 Å². The van der Waals surface area contributed by atoms with Crippen LogP contribution in [0.2, 0.25) is 0 Å². The average molecular weight is 396 g/mol. The first kappa shape index (κ1) is 19.1. The summed E-state index contributed by atoms with van der Waals surface area (Å²) in [5.74, 6) is -2.08. The van der Waals surface area contributed by atoms with Gasteiger partial charge in [-0.15, -0.1) is 0 Å². The zero-order valence-electron chi connectivity index (χ0n) is 14.7. The molecule has 0 spiro atoms. The van der Waals surface area contributed by atoms with E-state index in [1.807, 2.05) is 6.92 Å². The van der Waals surface area contributed by atoms with Gasteiger partial charge in [-0.1, -0.05) is 6.07 Å². The highest BCUT2D eigenvalue weighted by molar-refractivity contribution is 7.92. The Morgan fingerprint density at radius 2 is 1.96 bits per heavy atom. The number of benzene rings is 2. The van der Waals surface area contributed by atoms with Gasteiger partial charge < -0.3 is 10.1 Å². The van der Waals surface area contributed by atoms with Gasteiger partial charge in [0.1, 0.15) is 17.4 Å². The molecule has 144 valence electrons. The van der Waals surface area contributed by atoms with Gasteiger partial charge >= 0.3 is 0 Å². The van der Waals surface area contributed by atoms with E-state index in [-0.39, 0.29) is 24.4 Å². The first-order chi connectivity index (χ1) is 12.6. The number of fused-ring (bicyclic) bond motifs is 1. The van der Waals surface area contributed by atoms with Crippen LogP contribution >= 0.6 is 0 Å². The fourth-order valence-electron chi connectivity index (χ4n) is 2.82. The van der Waals surface area contributed by atoms with Crippen LogP contribution in [0, 0.1) is 18.6 Å². The minimum atomic E-state index is -3.58. The number of nitrogens with one attached hydrogen (secondary N) is 1. The third-order valence-electron chi connectivity index (χ3n) is 4.13. The lowest BCUT2D eigenvalue weighted by Gasteiger charge is -2.21. The van der Waals surface area contributed by atoms with Gasteiger partial charge in [0.05, 0.1) is 17.6 Å². The molecular formula is C18H18F2N2O4S. The van der Waals surface area contributed by atoms with E-state index in [1.165, 1.54) is 4.31 Å².